The largest absolute Gasteiger partial charge is 0.480 e. The molecule has 1 unspecified atom stereocenters. The maximum Gasteiger partial charge on any atom is 0.323 e. The Bertz CT molecular complexity index is 381. The van der Waals surface area contributed by atoms with Crippen molar-refractivity contribution in [2.24, 2.45) is 5.73 Å². The average molecular weight is 293 g/mol. The molecule has 0 radical (unpaired) electrons. The van der Waals surface area contributed by atoms with Gasteiger partial charge in [-0.25, -0.2) is 0 Å². The van der Waals surface area contributed by atoms with Crippen LogP contribution in [0, 0.1) is 0 Å². The summed E-state index contributed by atoms with van der Waals surface area (Å²) in [5, 5.41) is 16.8. The van der Waals surface area contributed by atoms with Gasteiger partial charge in [0.05, 0.1) is 0 Å². The molecule has 0 saturated heterocycles. The van der Waals surface area contributed by atoms with E-state index in [-0.39, 0.29) is 0 Å². The van der Waals surface area contributed by atoms with Gasteiger partial charge in [-0.05, 0) is 26.0 Å². The number of aliphatic carboxylic acids is 1. The lowest BCUT2D eigenvalue weighted by Crippen LogP contribution is -2.44. The summed E-state index contributed by atoms with van der Waals surface area (Å²) in [5.74, 6) is -0.147. The highest BCUT2D eigenvalue weighted by atomic mass is 32.2. The first-order valence-corrected chi connectivity index (χ1v) is 8.01. The second-order valence-corrected chi connectivity index (χ2v) is 7.09. The van der Waals surface area contributed by atoms with E-state index in [1.54, 1.807) is 34.9 Å². The minimum absolute atomic E-state index is 0.462. The number of rotatable bonds is 7. The number of thioether (sulfide) groups is 2. The van der Waals surface area contributed by atoms with Crippen LogP contribution in [0.4, 0.5) is 0 Å². The molecule has 0 aromatic carbocycles. The van der Waals surface area contributed by atoms with Crippen molar-refractivity contribution in [3.63, 3.8) is 0 Å². The molecule has 0 aliphatic heterocycles. The number of carbonyl (C=O) groups is 1. The van der Waals surface area contributed by atoms with Gasteiger partial charge in [0.25, 0.3) is 0 Å². The number of carboxylic acids is 1. The van der Waals surface area contributed by atoms with Crippen molar-refractivity contribution in [3.05, 3.63) is 0 Å². The molecule has 1 aromatic rings. The Morgan fingerprint density at radius 1 is 1.53 bits per heavy atom. The molecule has 0 saturated carbocycles. The standard InChI is InChI=1S/C9H15N3O2S3/c1-9(10,6(13)14)4-3-5-16-8-12-11-7(15-2)17-8/h3-5,10H2,1-2H3,(H,13,14). The van der Waals surface area contributed by atoms with E-state index in [4.69, 9.17) is 10.8 Å². The van der Waals surface area contributed by atoms with E-state index >= 15 is 0 Å². The normalized spacial score (nSPS) is 14.5. The van der Waals surface area contributed by atoms with Gasteiger partial charge in [0, 0.05) is 5.75 Å². The van der Waals surface area contributed by atoms with Gasteiger partial charge in [-0.2, -0.15) is 0 Å². The molecule has 1 rings (SSSR count). The highest BCUT2D eigenvalue weighted by Crippen LogP contribution is 2.28. The number of hydrogen-bond donors (Lipinski definition) is 2. The van der Waals surface area contributed by atoms with Crippen molar-refractivity contribution < 1.29 is 9.90 Å². The summed E-state index contributed by atoms with van der Waals surface area (Å²) in [6, 6.07) is 0. The minimum atomic E-state index is -1.13. The topological polar surface area (TPSA) is 89.1 Å². The van der Waals surface area contributed by atoms with Crippen LogP contribution < -0.4 is 5.73 Å². The summed E-state index contributed by atoms with van der Waals surface area (Å²) >= 11 is 4.72. The summed E-state index contributed by atoms with van der Waals surface area (Å²) in [5.41, 5.74) is 4.49. The lowest BCUT2D eigenvalue weighted by molar-refractivity contribution is -0.142. The third-order valence-electron chi connectivity index (χ3n) is 2.12. The van der Waals surface area contributed by atoms with Crippen LogP contribution in [-0.2, 0) is 4.79 Å². The lowest BCUT2D eigenvalue weighted by Gasteiger charge is -2.18. The summed E-state index contributed by atoms with van der Waals surface area (Å²) in [4.78, 5) is 10.8. The smallest absolute Gasteiger partial charge is 0.323 e. The lowest BCUT2D eigenvalue weighted by atomic mass is 9.98. The molecule has 3 N–H and O–H groups in total. The molecule has 5 nitrogen and oxygen atoms in total. The molecule has 0 amide bonds. The van der Waals surface area contributed by atoms with Gasteiger partial charge in [0.15, 0.2) is 8.68 Å². The summed E-state index contributed by atoms with van der Waals surface area (Å²) in [6.07, 6.45) is 3.17. The van der Waals surface area contributed by atoms with Crippen molar-refractivity contribution in [1.82, 2.24) is 10.2 Å². The van der Waals surface area contributed by atoms with Crippen LogP contribution in [-0.4, -0.2) is 38.8 Å². The highest BCUT2D eigenvalue weighted by molar-refractivity contribution is 8.02. The quantitative estimate of drug-likeness (QED) is 0.586. The van der Waals surface area contributed by atoms with Gasteiger partial charge in [0.2, 0.25) is 0 Å². The SMILES string of the molecule is CSc1nnc(SCCCC(C)(N)C(=O)O)s1. The maximum atomic E-state index is 10.8. The number of carboxylic acid groups (broad SMARTS) is 1. The molecule has 1 heterocycles. The fourth-order valence-corrected chi connectivity index (χ4v) is 3.49. The van der Waals surface area contributed by atoms with E-state index in [1.165, 1.54) is 6.92 Å². The predicted octanol–water partition coefficient (Wildman–Crippen LogP) is 1.93. The van der Waals surface area contributed by atoms with Gasteiger partial charge >= 0.3 is 5.97 Å². The third-order valence-corrected chi connectivity index (χ3v) is 5.24. The zero-order valence-corrected chi connectivity index (χ0v) is 12.1. The Kier molecular flexibility index (Phi) is 5.71. The Balaban J connectivity index is 2.27. The van der Waals surface area contributed by atoms with Crippen molar-refractivity contribution >= 4 is 40.8 Å². The second-order valence-electron chi connectivity index (χ2n) is 3.71. The summed E-state index contributed by atoms with van der Waals surface area (Å²) in [7, 11) is 0. The third kappa shape index (κ3) is 4.82. The van der Waals surface area contributed by atoms with Crippen LogP contribution in [0.1, 0.15) is 19.8 Å². The van der Waals surface area contributed by atoms with Crippen LogP contribution in [0.5, 0.6) is 0 Å². The highest BCUT2D eigenvalue weighted by Gasteiger charge is 2.26. The first-order valence-electron chi connectivity index (χ1n) is 4.98. The molecule has 0 aliphatic rings. The molecule has 0 fully saturated rings. The molecule has 0 aliphatic carbocycles. The van der Waals surface area contributed by atoms with Crippen LogP contribution >= 0.6 is 34.9 Å². The fraction of sp³-hybridized carbons (Fsp3) is 0.667. The van der Waals surface area contributed by atoms with Gasteiger partial charge < -0.3 is 10.8 Å². The van der Waals surface area contributed by atoms with E-state index in [9.17, 15) is 4.79 Å². The summed E-state index contributed by atoms with van der Waals surface area (Å²) in [6.45, 7) is 1.54. The maximum absolute atomic E-state index is 10.8. The average Bonchev–Trinajstić information content (AvgIpc) is 2.72. The molecule has 1 atom stereocenters. The molecular formula is C9H15N3O2S3. The van der Waals surface area contributed by atoms with Crippen molar-refractivity contribution in [2.45, 2.75) is 34.0 Å². The Morgan fingerprint density at radius 2 is 2.18 bits per heavy atom. The first-order chi connectivity index (χ1) is 7.95. The van der Waals surface area contributed by atoms with Gasteiger partial charge in [0.1, 0.15) is 5.54 Å². The molecule has 96 valence electrons. The van der Waals surface area contributed by atoms with E-state index < -0.39 is 11.5 Å². The Morgan fingerprint density at radius 3 is 2.71 bits per heavy atom. The van der Waals surface area contributed by atoms with E-state index in [0.29, 0.717) is 6.42 Å². The van der Waals surface area contributed by atoms with Gasteiger partial charge in [-0.3, -0.25) is 4.79 Å². The fourth-order valence-electron chi connectivity index (χ4n) is 1.04. The number of nitrogens with two attached hydrogens (primary N) is 1. The van der Waals surface area contributed by atoms with E-state index in [0.717, 1.165) is 20.9 Å². The monoisotopic (exact) mass is 293 g/mol. The van der Waals surface area contributed by atoms with Crippen LogP contribution in [0.25, 0.3) is 0 Å². The van der Waals surface area contributed by atoms with E-state index in [1.807, 2.05) is 6.26 Å². The molecule has 17 heavy (non-hydrogen) atoms. The zero-order chi connectivity index (χ0) is 12.9. The van der Waals surface area contributed by atoms with Crippen LogP contribution in [0.2, 0.25) is 0 Å². The van der Waals surface area contributed by atoms with Crippen molar-refractivity contribution in [3.8, 4) is 0 Å². The molecule has 8 heteroatoms. The van der Waals surface area contributed by atoms with Crippen LogP contribution in [0.15, 0.2) is 8.68 Å². The number of hydrogen-bond acceptors (Lipinski definition) is 7. The minimum Gasteiger partial charge on any atom is -0.480 e. The van der Waals surface area contributed by atoms with Gasteiger partial charge in [-0.1, -0.05) is 34.9 Å². The Labute approximate surface area is 113 Å². The van der Waals surface area contributed by atoms with Crippen molar-refractivity contribution in [2.75, 3.05) is 12.0 Å². The molecule has 1 aromatic heterocycles. The number of nitrogens with zero attached hydrogens (tertiary/aromatic N) is 2. The van der Waals surface area contributed by atoms with Crippen LogP contribution in [0.3, 0.4) is 0 Å². The van der Waals surface area contributed by atoms with E-state index in [2.05, 4.69) is 10.2 Å². The second kappa shape index (κ2) is 6.58. The number of aromatic nitrogens is 2. The molecule has 0 spiro atoms. The molecular weight excluding hydrogens is 278 g/mol. The summed E-state index contributed by atoms with van der Waals surface area (Å²) < 4.78 is 1.87. The Hall–Kier alpha value is -0.310. The first kappa shape index (κ1) is 14.7. The molecule has 0 bridgehead atoms. The predicted molar refractivity (Wildman–Crippen MR) is 71.9 cm³/mol. The van der Waals surface area contributed by atoms with Gasteiger partial charge in [-0.15, -0.1) is 10.2 Å². The zero-order valence-electron chi connectivity index (χ0n) is 9.67. The van der Waals surface area contributed by atoms with Crippen molar-refractivity contribution in [1.29, 1.82) is 0 Å².